The molecule has 0 fully saturated rings. The molecule has 0 radical (unpaired) electrons. The Labute approximate surface area is 105 Å². The first-order chi connectivity index (χ1) is 7.88. The standard InChI is InChI=1S/C14H25NO2/c1-10(9-15)5-6-11(2)12(3)7-8-13(4)14(16)17/h10-13H,5-8H2,1-4H3,(H,16,17). The molecule has 4 atom stereocenters. The molecule has 0 rings (SSSR count). The maximum atomic E-state index is 10.7. The van der Waals surface area contributed by atoms with Crippen molar-refractivity contribution in [3.05, 3.63) is 0 Å². The molecular formula is C14H25NO2. The van der Waals surface area contributed by atoms with Crippen LogP contribution >= 0.6 is 0 Å². The summed E-state index contributed by atoms with van der Waals surface area (Å²) in [5.41, 5.74) is 0. The van der Waals surface area contributed by atoms with E-state index in [1.54, 1.807) is 6.92 Å². The lowest BCUT2D eigenvalue weighted by Gasteiger charge is -2.21. The van der Waals surface area contributed by atoms with Gasteiger partial charge in [-0.25, -0.2) is 0 Å². The summed E-state index contributed by atoms with van der Waals surface area (Å²) in [6.07, 6.45) is 3.69. The first-order valence-corrected chi connectivity index (χ1v) is 6.50. The van der Waals surface area contributed by atoms with Gasteiger partial charge in [0.2, 0.25) is 0 Å². The summed E-state index contributed by atoms with van der Waals surface area (Å²) in [6, 6.07) is 2.25. The molecule has 0 amide bonds. The molecule has 98 valence electrons. The second kappa shape index (κ2) is 8.11. The minimum atomic E-state index is -0.706. The summed E-state index contributed by atoms with van der Waals surface area (Å²) in [5.74, 6) is 0.266. The zero-order valence-electron chi connectivity index (χ0n) is 11.4. The lowest BCUT2D eigenvalue weighted by Crippen LogP contribution is -2.14. The molecule has 17 heavy (non-hydrogen) atoms. The van der Waals surface area contributed by atoms with Crippen LogP contribution in [0.2, 0.25) is 0 Å². The third kappa shape index (κ3) is 6.99. The van der Waals surface area contributed by atoms with Gasteiger partial charge in [0.25, 0.3) is 0 Å². The average Bonchev–Trinajstić information content (AvgIpc) is 2.31. The van der Waals surface area contributed by atoms with E-state index >= 15 is 0 Å². The smallest absolute Gasteiger partial charge is 0.306 e. The summed E-state index contributed by atoms with van der Waals surface area (Å²) < 4.78 is 0. The Bertz CT molecular complexity index is 270. The molecule has 0 aliphatic rings. The second-order valence-electron chi connectivity index (χ2n) is 5.38. The monoisotopic (exact) mass is 239 g/mol. The van der Waals surface area contributed by atoms with Gasteiger partial charge >= 0.3 is 5.97 Å². The third-order valence-corrected chi connectivity index (χ3v) is 3.72. The van der Waals surface area contributed by atoms with E-state index < -0.39 is 5.97 Å². The van der Waals surface area contributed by atoms with Crippen LogP contribution in [0.3, 0.4) is 0 Å². The van der Waals surface area contributed by atoms with E-state index in [-0.39, 0.29) is 11.8 Å². The highest BCUT2D eigenvalue weighted by Crippen LogP contribution is 2.24. The number of carboxylic acid groups (broad SMARTS) is 1. The Balaban J connectivity index is 3.86. The second-order valence-corrected chi connectivity index (χ2v) is 5.38. The quantitative estimate of drug-likeness (QED) is 0.702. The van der Waals surface area contributed by atoms with Gasteiger partial charge < -0.3 is 5.11 Å². The Morgan fingerprint density at radius 1 is 1.06 bits per heavy atom. The zero-order chi connectivity index (χ0) is 13.4. The van der Waals surface area contributed by atoms with E-state index in [2.05, 4.69) is 19.9 Å². The molecular weight excluding hydrogens is 214 g/mol. The van der Waals surface area contributed by atoms with Crippen molar-refractivity contribution in [3.63, 3.8) is 0 Å². The van der Waals surface area contributed by atoms with Crippen LogP contribution in [0, 0.1) is 35.0 Å². The number of carboxylic acids is 1. The highest BCUT2D eigenvalue weighted by Gasteiger charge is 2.17. The number of hydrogen-bond donors (Lipinski definition) is 1. The highest BCUT2D eigenvalue weighted by molar-refractivity contribution is 5.69. The van der Waals surface area contributed by atoms with E-state index in [1.807, 2.05) is 6.92 Å². The Kier molecular flexibility index (Phi) is 7.61. The van der Waals surface area contributed by atoms with Gasteiger partial charge in [0.05, 0.1) is 12.0 Å². The lowest BCUT2D eigenvalue weighted by atomic mass is 9.85. The molecule has 0 saturated heterocycles. The molecule has 0 aliphatic heterocycles. The van der Waals surface area contributed by atoms with E-state index in [0.29, 0.717) is 11.8 Å². The fraction of sp³-hybridized carbons (Fsp3) is 0.857. The number of nitriles is 1. The summed E-state index contributed by atoms with van der Waals surface area (Å²) in [4.78, 5) is 10.7. The summed E-state index contributed by atoms with van der Waals surface area (Å²) >= 11 is 0. The van der Waals surface area contributed by atoms with Crippen LogP contribution in [0.25, 0.3) is 0 Å². The van der Waals surface area contributed by atoms with Crippen molar-refractivity contribution in [2.75, 3.05) is 0 Å². The lowest BCUT2D eigenvalue weighted by molar-refractivity contribution is -0.141. The molecule has 0 aromatic rings. The van der Waals surface area contributed by atoms with Gasteiger partial charge in [-0.3, -0.25) is 4.79 Å². The van der Waals surface area contributed by atoms with Crippen LogP contribution in [0.4, 0.5) is 0 Å². The Morgan fingerprint density at radius 2 is 1.53 bits per heavy atom. The molecule has 0 heterocycles. The van der Waals surface area contributed by atoms with Crippen molar-refractivity contribution in [3.8, 4) is 6.07 Å². The number of hydrogen-bond acceptors (Lipinski definition) is 2. The molecule has 4 unspecified atom stereocenters. The van der Waals surface area contributed by atoms with E-state index in [4.69, 9.17) is 10.4 Å². The topological polar surface area (TPSA) is 61.1 Å². The SMILES string of the molecule is CC(C#N)CCC(C)C(C)CCC(C)C(=O)O. The van der Waals surface area contributed by atoms with Crippen molar-refractivity contribution in [2.24, 2.45) is 23.7 Å². The van der Waals surface area contributed by atoms with Crippen LogP contribution in [0.1, 0.15) is 53.4 Å². The van der Waals surface area contributed by atoms with Crippen LogP contribution in [-0.2, 0) is 4.79 Å². The van der Waals surface area contributed by atoms with Gasteiger partial charge in [-0.15, -0.1) is 0 Å². The van der Waals surface area contributed by atoms with E-state index in [9.17, 15) is 4.79 Å². The maximum absolute atomic E-state index is 10.7. The normalized spacial score (nSPS) is 17.8. The first-order valence-electron chi connectivity index (χ1n) is 6.50. The number of carbonyl (C=O) groups is 1. The number of rotatable bonds is 8. The van der Waals surface area contributed by atoms with Gasteiger partial charge in [0, 0.05) is 5.92 Å². The molecule has 0 aromatic heterocycles. The predicted molar refractivity (Wildman–Crippen MR) is 68.4 cm³/mol. The van der Waals surface area contributed by atoms with Crippen LogP contribution in [0.15, 0.2) is 0 Å². The van der Waals surface area contributed by atoms with Gasteiger partial charge in [0.15, 0.2) is 0 Å². The Morgan fingerprint density at radius 3 is 1.94 bits per heavy atom. The van der Waals surface area contributed by atoms with Gasteiger partial charge in [-0.2, -0.15) is 5.26 Å². The molecule has 0 bridgehead atoms. The molecule has 1 N–H and O–H groups in total. The molecule has 3 nitrogen and oxygen atoms in total. The summed E-state index contributed by atoms with van der Waals surface area (Å²) in [7, 11) is 0. The average molecular weight is 239 g/mol. The molecule has 0 spiro atoms. The maximum Gasteiger partial charge on any atom is 0.306 e. The van der Waals surface area contributed by atoms with Crippen LogP contribution in [0.5, 0.6) is 0 Å². The number of nitrogens with zero attached hydrogens (tertiary/aromatic N) is 1. The largest absolute Gasteiger partial charge is 0.481 e. The van der Waals surface area contributed by atoms with Gasteiger partial charge in [0.1, 0.15) is 0 Å². The van der Waals surface area contributed by atoms with Crippen molar-refractivity contribution in [1.29, 1.82) is 5.26 Å². The molecule has 3 heteroatoms. The van der Waals surface area contributed by atoms with Crippen molar-refractivity contribution in [1.82, 2.24) is 0 Å². The summed E-state index contributed by atoms with van der Waals surface area (Å²) in [5, 5.41) is 17.5. The van der Waals surface area contributed by atoms with Crippen LogP contribution in [-0.4, -0.2) is 11.1 Å². The predicted octanol–water partition coefficient (Wildman–Crippen LogP) is 3.70. The first kappa shape index (κ1) is 16.0. The van der Waals surface area contributed by atoms with Crippen molar-refractivity contribution >= 4 is 5.97 Å². The molecule has 0 aliphatic carbocycles. The van der Waals surface area contributed by atoms with E-state index in [0.717, 1.165) is 25.7 Å². The number of aliphatic carboxylic acids is 1. The molecule has 0 saturated carbocycles. The zero-order valence-corrected chi connectivity index (χ0v) is 11.4. The third-order valence-electron chi connectivity index (χ3n) is 3.72. The minimum absolute atomic E-state index is 0.127. The van der Waals surface area contributed by atoms with Crippen LogP contribution < -0.4 is 0 Å². The molecule has 0 aromatic carbocycles. The Hall–Kier alpha value is -1.04. The highest BCUT2D eigenvalue weighted by atomic mass is 16.4. The fourth-order valence-corrected chi connectivity index (χ4v) is 1.78. The van der Waals surface area contributed by atoms with E-state index in [1.165, 1.54) is 0 Å². The van der Waals surface area contributed by atoms with Gasteiger partial charge in [-0.1, -0.05) is 20.8 Å². The van der Waals surface area contributed by atoms with Gasteiger partial charge in [-0.05, 0) is 44.4 Å². The van der Waals surface area contributed by atoms with Crippen molar-refractivity contribution in [2.45, 2.75) is 53.4 Å². The summed E-state index contributed by atoms with van der Waals surface area (Å²) in [6.45, 7) is 8.08. The minimum Gasteiger partial charge on any atom is -0.481 e. The van der Waals surface area contributed by atoms with Crippen molar-refractivity contribution < 1.29 is 9.90 Å². The fourth-order valence-electron chi connectivity index (χ4n) is 1.78.